The molecule has 51 heavy (non-hydrogen) atoms. The summed E-state index contributed by atoms with van der Waals surface area (Å²) in [5.74, 6) is 0.654. The zero-order valence-electron chi connectivity index (χ0n) is 27.7. The Morgan fingerprint density at radius 2 is 0.804 bits per heavy atom. The van der Waals surface area contributed by atoms with Crippen LogP contribution in [0.15, 0.2) is 188 Å². The first-order valence-electron chi connectivity index (χ1n) is 17.3. The van der Waals surface area contributed by atoms with E-state index in [9.17, 15) is 0 Å². The Hall–Kier alpha value is -6.84. The van der Waals surface area contributed by atoms with E-state index in [0.717, 1.165) is 33.5 Å². The van der Waals surface area contributed by atoms with Crippen molar-refractivity contribution in [3.8, 4) is 50.7 Å². The van der Waals surface area contributed by atoms with Crippen LogP contribution in [0.4, 0.5) is 0 Å². The van der Waals surface area contributed by atoms with Crippen LogP contribution in [0.5, 0.6) is 0 Å². The lowest BCUT2D eigenvalue weighted by Crippen LogP contribution is -2.03. The maximum Gasteiger partial charge on any atom is 0.235 e. The highest BCUT2D eigenvalue weighted by Crippen LogP contribution is 2.39. The minimum atomic E-state index is 0.654. The SMILES string of the molecule is c1ccc(-c2ccc3cc(-c4ccc5ccc6c(c5c4)c4ccccc4n6-c4nc(-c5ccccc5)cc(-c5ccccc5)n4)ccc3c2)cc1. The molecule has 10 rings (SSSR count). The first kappa shape index (κ1) is 29.1. The Kier molecular flexibility index (Phi) is 6.81. The van der Waals surface area contributed by atoms with Gasteiger partial charge in [-0.15, -0.1) is 0 Å². The van der Waals surface area contributed by atoms with Crippen molar-refractivity contribution in [3.63, 3.8) is 0 Å². The maximum atomic E-state index is 5.22. The molecule has 0 amide bonds. The number of rotatable bonds is 5. The smallest absolute Gasteiger partial charge is 0.235 e. The summed E-state index contributed by atoms with van der Waals surface area (Å²) in [6, 6.07) is 66.8. The van der Waals surface area contributed by atoms with E-state index >= 15 is 0 Å². The molecule has 0 aliphatic carbocycles. The second-order valence-electron chi connectivity index (χ2n) is 13.1. The van der Waals surface area contributed by atoms with Crippen LogP contribution in [0.1, 0.15) is 0 Å². The van der Waals surface area contributed by atoms with E-state index in [-0.39, 0.29) is 0 Å². The number of hydrogen-bond acceptors (Lipinski definition) is 2. The van der Waals surface area contributed by atoms with Crippen molar-refractivity contribution in [2.75, 3.05) is 0 Å². The molecule has 2 heterocycles. The van der Waals surface area contributed by atoms with Gasteiger partial charge < -0.3 is 0 Å². The van der Waals surface area contributed by atoms with Gasteiger partial charge in [-0.25, -0.2) is 9.97 Å². The molecule has 3 nitrogen and oxygen atoms in total. The summed E-state index contributed by atoms with van der Waals surface area (Å²) in [6.45, 7) is 0. The number of nitrogens with zero attached hydrogens (tertiary/aromatic N) is 3. The van der Waals surface area contributed by atoms with Crippen LogP contribution in [-0.4, -0.2) is 14.5 Å². The molecule has 0 saturated heterocycles. The van der Waals surface area contributed by atoms with Crippen LogP contribution in [0.2, 0.25) is 0 Å². The lowest BCUT2D eigenvalue weighted by atomic mass is 9.95. The van der Waals surface area contributed by atoms with Crippen molar-refractivity contribution < 1.29 is 0 Å². The van der Waals surface area contributed by atoms with Crippen LogP contribution in [0, 0.1) is 0 Å². The highest BCUT2D eigenvalue weighted by Gasteiger charge is 2.19. The molecular formula is C48H31N3. The van der Waals surface area contributed by atoms with E-state index in [4.69, 9.17) is 9.97 Å². The van der Waals surface area contributed by atoms with E-state index in [1.165, 1.54) is 54.6 Å². The van der Waals surface area contributed by atoms with E-state index in [1.807, 2.05) is 12.1 Å². The molecule has 0 spiro atoms. The van der Waals surface area contributed by atoms with Crippen molar-refractivity contribution in [1.29, 1.82) is 0 Å². The molecule has 2 aromatic heterocycles. The van der Waals surface area contributed by atoms with Gasteiger partial charge in [0.2, 0.25) is 5.95 Å². The summed E-state index contributed by atoms with van der Waals surface area (Å²) in [5, 5.41) is 7.25. The molecule has 0 N–H and O–H groups in total. The average Bonchev–Trinajstić information content (AvgIpc) is 3.56. The van der Waals surface area contributed by atoms with E-state index in [1.54, 1.807) is 0 Å². The standard InChI is InChI=1S/C48H31N3/c1-4-12-32(13-5-1)36-22-23-38-29-39(25-24-37(38)28-36)40-21-20-33-26-27-46-47(42(33)30-40)41-18-10-11-19-45(41)51(46)48-49-43(34-14-6-2-7-15-34)31-44(50-48)35-16-8-3-9-17-35/h1-31H. The van der Waals surface area contributed by atoms with E-state index < -0.39 is 0 Å². The Labute approximate surface area is 295 Å². The average molecular weight is 650 g/mol. The van der Waals surface area contributed by atoms with Gasteiger partial charge in [-0.1, -0.05) is 152 Å². The number of aromatic nitrogens is 3. The molecule has 0 aliphatic heterocycles. The van der Waals surface area contributed by atoms with Crippen LogP contribution in [-0.2, 0) is 0 Å². The van der Waals surface area contributed by atoms with Crippen LogP contribution >= 0.6 is 0 Å². The maximum absolute atomic E-state index is 5.22. The van der Waals surface area contributed by atoms with Gasteiger partial charge in [0.05, 0.1) is 22.4 Å². The topological polar surface area (TPSA) is 30.7 Å². The Morgan fingerprint density at radius 3 is 1.43 bits per heavy atom. The Bertz CT molecular complexity index is 2830. The molecule has 0 radical (unpaired) electrons. The van der Waals surface area contributed by atoms with Gasteiger partial charge in [-0.2, -0.15) is 0 Å². The second kappa shape index (κ2) is 11.9. The normalized spacial score (nSPS) is 11.5. The molecular weight excluding hydrogens is 619 g/mol. The fourth-order valence-electron chi connectivity index (χ4n) is 7.47. The highest BCUT2D eigenvalue weighted by atomic mass is 15.2. The monoisotopic (exact) mass is 649 g/mol. The molecule has 0 aliphatic rings. The quantitative estimate of drug-likeness (QED) is 0.186. The number of hydrogen-bond donors (Lipinski definition) is 0. The molecule has 10 aromatic rings. The predicted octanol–water partition coefficient (Wildman–Crippen LogP) is 12.5. The first-order valence-corrected chi connectivity index (χ1v) is 17.3. The van der Waals surface area contributed by atoms with Gasteiger partial charge >= 0.3 is 0 Å². The van der Waals surface area contributed by atoms with Crippen molar-refractivity contribution >= 4 is 43.4 Å². The summed E-state index contributed by atoms with van der Waals surface area (Å²) in [6.07, 6.45) is 0. The van der Waals surface area contributed by atoms with Crippen molar-refractivity contribution in [1.82, 2.24) is 14.5 Å². The minimum absolute atomic E-state index is 0.654. The summed E-state index contributed by atoms with van der Waals surface area (Å²) in [5.41, 5.74) is 10.9. The van der Waals surface area contributed by atoms with Crippen LogP contribution in [0.25, 0.3) is 94.1 Å². The third-order valence-electron chi connectivity index (χ3n) is 9.99. The van der Waals surface area contributed by atoms with E-state index in [2.05, 4.69) is 180 Å². The highest BCUT2D eigenvalue weighted by molar-refractivity contribution is 6.21. The number of para-hydroxylation sites is 1. The van der Waals surface area contributed by atoms with Crippen molar-refractivity contribution in [2.24, 2.45) is 0 Å². The third kappa shape index (κ3) is 5.06. The number of benzene rings is 8. The lowest BCUT2D eigenvalue weighted by molar-refractivity contribution is 0.996. The third-order valence-corrected chi connectivity index (χ3v) is 9.99. The van der Waals surface area contributed by atoms with Crippen LogP contribution in [0.3, 0.4) is 0 Å². The van der Waals surface area contributed by atoms with Crippen LogP contribution < -0.4 is 0 Å². The predicted molar refractivity (Wildman–Crippen MR) is 213 cm³/mol. The fourth-order valence-corrected chi connectivity index (χ4v) is 7.47. The molecule has 0 unspecified atom stereocenters. The van der Waals surface area contributed by atoms with Crippen molar-refractivity contribution in [2.45, 2.75) is 0 Å². The summed E-state index contributed by atoms with van der Waals surface area (Å²) >= 11 is 0. The zero-order valence-corrected chi connectivity index (χ0v) is 27.7. The van der Waals surface area contributed by atoms with Gasteiger partial charge in [0.15, 0.2) is 0 Å². The molecule has 0 atom stereocenters. The first-order chi connectivity index (χ1) is 25.3. The lowest BCUT2D eigenvalue weighted by Gasteiger charge is -2.12. The van der Waals surface area contributed by atoms with Gasteiger partial charge in [-0.05, 0) is 80.2 Å². The zero-order chi connectivity index (χ0) is 33.7. The molecule has 8 aromatic carbocycles. The number of fused-ring (bicyclic) bond motifs is 6. The molecule has 0 saturated carbocycles. The molecule has 0 bridgehead atoms. The fraction of sp³-hybridized carbons (Fsp3) is 0. The minimum Gasteiger partial charge on any atom is -0.278 e. The molecule has 0 fully saturated rings. The Morgan fingerprint density at radius 1 is 0.314 bits per heavy atom. The van der Waals surface area contributed by atoms with Gasteiger partial charge in [0, 0.05) is 21.9 Å². The van der Waals surface area contributed by atoms with Gasteiger partial charge in [0.1, 0.15) is 0 Å². The van der Waals surface area contributed by atoms with Gasteiger partial charge in [-0.3, -0.25) is 4.57 Å². The largest absolute Gasteiger partial charge is 0.278 e. The molecule has 238 valence electrons. The summed E-state index contributed by atoms with van der Waals surface area (Å²) in [7, 11) is 0. The van der Waals surface area contributed by atoms with E-state index in [0.29, 0.717) is 5.95 Å². The second-order valence-corrected chi connectivity index (χ2v) is 13.1. The summed E-state index contributed by atoms with van der Waals surface area (Å²) < 4.78 is 2.23. The van der Waals surface area contributed by atoms with Gasteiger partial charge in [0.25, 0.3) is 0 Å². The summed E-state index contributed by atoms with van der Waals surface area (Å²) in [4.78, 5) is 10.4. The van der Waals surface area contributed by atoms with Crippen molar-refractivity contribution in [3.05, 3.63) is 188 Å². The Balaban J connectivity index is 1.16. The molecule has 3 heteroatoms.